The van der Waals surface area contributed by atoms with Crippen LogP contribution in [0.4, 0.5) is 0 Å². The first-order valence-corrected chi connectivity index (χ1v) is 6.86. The number of halogens is 3. The molecule has 0 bridgehead atoms. The lowest BCUT2D eigenvalue weighted by atomic mass is 10.1. The van der Waals surface area contributed by atoms with E-state index in [-0.39, 0.29) is 4.83 Å². The average molecular weight is 322 g/mol. The molecule has 0 radical (unpaired) electrons. The molecule has 1 unspecified atom stereocenters. The van der Waals surface area contributed by atoms with Crippen molar-refractivity contribution in [3.63, 3.8) is 0 Å². The summed E-state index contributed by atoms with van der Waals surface area (Å²) in [6.07, 6.45) is 0. The number of thiophene rings is 1. The van der Waals surface area contributed by atoms with E-state index in [1.54, 1.807) is 17.4 Å². The summed E-state index contributed by atoms with van der Waals surface area (Å²) >= 11 is 17.4. The maximum atomic E-state index is 6.15. The molecule has 2 aromatic rings. The summed E-state index contributed by atoms with van der Waals surface area (Å²) in [5, 5.41) is 3.26. The van der Waals surface area contributed by atoms with Gasteiger partial charge in [0.2, 0.25) is 0 Å². The Morgan fingerprint density at radius 3 is 2.60 bits per heavy atom. The Balaban J connectivity index is 2.42. The third-order valence-corrected chi connectivity index (χ3v) is 5.11. The summed E-state index contributed by atoms with van der Waals surface area (Å²) in [5.74, 6) is 0. The highest BCUT2D eigenvalue weighted by molar-refractivity contribution is 9.09. The number of alkyl halides is 1. The van der Waals surface area contributed by atoms with Crippen LogP contribution in [0.1, 0.15) is 15.3 Å². The smallest absolute Gasteiger partial charge is 0.0752 e. The van der Waals surface area contributed by atoms with Gasteiger partial charge in [-0.2, -0.15) is 0 Å². The molecule has 2 rings (SSSR count). The van der Waals surface area contributed by atoms with Crippen molar-refractivity contribution in [3.8, 4) is 0 Å². The molecule has 1 aromatic heterocycles. The number of rotatable bonds is 2. The van der Waals surface area contributed by atoms with E-state index in [2.05, 4.69) is 22.0 Å². The molecule has 0 saturated heterocycles. The second-order valence-electron chi connectivity index (χ2n) is 3.02. The van der Waals surface area contributed by atoms with Crippen molar-refractivity contribution in [2.24, 2.45) is 0 Å². The third kappa shape index (κ3) is 2.39. The van der Waals surface area contributed by atoms with Crippen molar-refractivity contribution >= 4 is 50.5 Å². The largest absolute Gasteiger partial charge is 0.147 e. The minimum Gasteiger partial charge on any atom is -0.147 e. The molecule has 15 heavy (non-hydrogen) atoms. The Bertz CT molecular complexity index is 454. The summed E-state index contributed by atoms with van der Waals surface area (Å²) in [6.45, 7) is 0. The summed E-state index contributed by atoms with van der Waals surface area (Å²) in [6, 6.07) is 9.77. The predicted octanol–water partition coefficient (Wildman–Crippen LogP) is 5.54. The lowest BCUT2D eigenvalue weighted by Crippen LogP contribution is -1.90. The van der Waals surface area contributed by atoms with E-state index in [4.69, 9.17) is 23.2 Å². The molecule has 1 heterocycles. The zero-order valence-electron chi connectivity index (χ0n) is 7.58. The maximum absolute atomic E-state index is 6.15. The third-order valence-electron chi connectivity index (χ3n) is 2.05. The van der Waals surface area contributed by atoms with Crippen molar-refractivity contribution in [2.75, 3.05) is 0 Å². The van der Waals surface area contributed by atoms with Crippen LogP contribution in [0.15, 0.2) is 35.7 Å². The van der Waals surface area contributed by atoms with Crippen LogP contribution in [0, 0.1) is 0 Å². The molecule has 0 N–H and O–H groups in total. The van der Waals surface area contributed by atoms with Crippen LogP contribution in [0.3, 0.4) is 0 Å². The van der Waals surface area contributed by atoms with Gasteiger partial charge < -0.3 is 0 Å². The molecule has 0 amide bonds. The Morgan fingerprint density at radius 1 is 1.13 bits per heavy atom. The molecule has 4 heteroatoms. The minimum absolute atomic E-state index is 0.115. The molecule has 0 fully saturated rings. The Labute approximate surface area is 111 Å². The summed E-state index contributed by atoms with van der Waals surface area (Å²) in [7, 11) is 0. The van der Waals surface area contributed by atoms with Gasteiger partial charge in [0.25, 0.3) is 0 Å². The summed E-state index contributed by atoms with van der Waals surface area (Å²) in [4.78, 5) is 1.34. The SMILES string of the molecule is Clc1cccc(C(Br)c2cccs2)c1Cl. The van der Waals surface area contributed by atoms with E-state index >= 15 is 0 Å². The van der Waals surface area contributed by atoms with Crippen molar-refractivity contribution in [1.82, 2.24) is 0 Å². The van der Waals surface area contributed by atoms with Gasteiger partial charge in [0.15, 0.2) is 0 Å². The Hall–Kier alpha value is -0.0200. The van der Waals surface area contributed by atoms with E-state index in [9.17, 15) is 0 Å². The zero-order chi connectivity index (χ0) is 10.8. The monoisotopic (exact) mass is 320 g/mol. The van der Waals surface area contributed by atoms with Gasteiger partial charge in [0.05, 0.1) is 14.9 Å². The van der Waals surface area contributed by atoms with Crippen LogP contribution in [0.2, 0.25) is 10.0 Å². The van der Waals surface area contributed by atoms with Crippen LogP contribution in [-0.2, 0) is 0 Å². The second-order valence-corrected chi connectivity index (χ2v) is 5.70. The van der Waals surface area contributed by atoms with Gasteiger partial charge in [-0.1, -0.05) is 57.3 Å². The van der Waals surface area contributed by atoms with E-state index in [1.165, 1.54) is 4.88 Å². The van der Waals surface area contributed by atoms with Gasteiger partial charge in [0, 0.05) is 4.88 Å². The fourth-order valence-corrected chi connectivity index (χ4v) is 3.43. The summed E-state index contributed by atoms with van der Waals surface area (Å²) < 4.78 is 0. The molecular formula is C11H7BrCl2S. The maximum Gasteiger partial charge on any atom is 0.0752 e. The van der Waals surface area contributed by atoms with Crippen LogP contribution in [0.25, 0.3) is 0 Å². The fraction of sp³-hybridized carbons (Fsp3) is 0.0909. The standard InChI is InChI=1S/C11H7BrCl2S/c12-10(9-5-2-6-15-9)7-3-1-4-8(13)11(7)14/h1-6,10H. The molecule has 0 spiro atoms. The lowest BCUT2D eigenvalue weighted by Gasteiger charge is -2.10. The van der Waals surface area contributed by atoms with E-state index < -0.39 is 0 Å². The Kier molecular flexibility index (Phi) is 3.73. The first-order valence-electron chi connectivity index (χ1n) is 4.31. The van der Waals surface area contributed by atoms with E-state index in [0.717, 1.165) is 5.56 Å². The molecule has 1 aromatic carbocycles. The highest BCUT2D eigenvalue weighted by atomic mass is 79.9. The fourth-order valence-electron chi connectivity index (χ4n) is 1.30. The van der Waals surface area contributed by atoms with Crippen molar-refractivity contribution < 1.29 is 0 Å². The molecule has 0 aliphatic heterocycles. The molecule has 0 saturated carbocycles. The Morgan fingerprint density at radius 2 is 1.93 bits per heavy atom. The van der Waals surface area contributed by atoms with Crippen LogP contribution in [-0.4, -0.2) is 0 Å². The number of hydrogen-bond donors (Lipinski definition) is 0. The average Bonchev–Trinajstić information content (AvgIpc) is 2.74. The first kappa shape index (κ1) is 11.5. The van der Waals surface area contributed by atoms with Gasteiger partial charge in [-0.05, 0) is 23.1 Å². The topological polar surface area (TPSA) is 0 Å². The quantitative estimate of drug-likeness (QED) is 0.637. The lowest BCUT2D eigenvalue weighted by molar-refractivity contribution is 1.23. The van der Waals surface area contributed by atoms with Crippen molar-refractivity contribution in [3.05, 3.63) is 56.2 Å². The van der Waals surface area contributed by atoms with Crippen LogP contribution < -0.4 is 0 Å². The van der Waals surface area contributed by atoms with E-state index in [1.807, 2.05) is 23.6 Å². The molecule has 0 aliphatic rings. The molecule has 0 nitrogen and oxygen atoms in total. The number of benzene rings is 1. The van der Waals surface area contributed by atoms with Crippen LogP contribution in [0.5, 0.6) is 0 Å². The van der Waals surface area contributed by atoms with Crippen molar-refractivity contribution in [1.29, 1.82) is 0 Å². The number of hydrogen-bond acceptors (Lipinski definition) is 1. The normalized spacial score (nSPS) is 12.7. The van der Waals surface area contributed by atoms with Crippen molar-refractivity contribution in [2.45, 2.75) is 4.83 Å². The predicted molar refractivity (Wildman–Crippen MR) is 71.6 cm³/mol. The zero-order valence-corrected chi connectivity index (χ0v) is 11.5. The minimum atomic E-state index is 0.115. The molecule has 78 valence electrons. The van der Waals surface area contributed by atoms with Gasteiger partial charge in [-0.15, -0.1) is 11.3 Å². The van der Waals surface area contributed by atoms with Crippen LogP contribution >= 0.6 is 50.5 Å². The van der Waals surface area contributed by atoms with E-state index in [0.29, 0.717) is 10.0 Å². The highest BCUT2D eigenvalue weighted by Gasteiger charge is 2.15. The van der Waals surface area contributed by atoms with Gasteiger partial charge in [-0.3, -0.25) is 0 Å². The van der Waals surface area contributed by atoms with Gasteiger partial charge in [-0.25, -0.2) is 0 Å². The first-order chi connectivity index (χ1) is 7.20. The highest BCUT2D eigenvalue weighted by Crippen LogP contribution is 2.39. The van der Waals surface area contributed by atoms with Gasteiger partial charge >= 0.3 is 0 Å². The molecule has 1 atom stereocenters. The summed E-state index contributed by atoms with van der Waals surface area (Å²) in [5.41, 5.74) is 1.01. The second kappa shape index (κ2) is 4.88. The van der Waals surface area contributed by atoms with Gasteiger partial charge in [0.1, 0.15) is 0 Å². The molecule has 0 aliphatic carbocycles. The molecular weight excluding hydrogens is 315 g/mol.